The lowest BCUT2D eigenvalue weighted by atomic mass is 9.80. The van der Waals surface area contributed by atoms with E-state index < -0.39 is 5.79 Å². The molecular weight excluding hydrogens is 420 g/mol. The monoisotopic (exact) mass is 484 g/mol. The molecule has 1 unspecified atom stereocenters. The minimum atomic E-state index is -0.626. The van der Waals surface area contributed by atoms with Crippen LogP contribution in [0.5, 0.6) is 0 Å². The van der Waals surface area contributed by atoms with Crippen molar-refractivity contribution in [3.05, 3.63) is 0 Å². The van der Waals surface area contributed by atoms with Crippen molar-refractivity contribution in [1.29, 1.82) is 0 Å². The van der Waals surface area contributed by atoms with Crippen LogP contribution in [0.15, 0.2) is 0 Å². The maximum absolute atomic E-state index is 6.94. The molecule has 0 aliphatic rings. The minimum absolute atomic E-state index is 0.341. The molecule has 0 saturated carbocycles. The highest BCUT2D eigenvalue weighted by atomic mass is 16.7. The van der Waals surface area contributed by atoms with E-state index in [1.165, 1.54) is 83.5 Å². The minimum Gasteiger partial charge on any atom is -0.369 e. The lowest BCUT2D eigenvalue weighted by Gasteiger charge is -2.49. The van der Waals surface area contributed by atoms with Gasteiger partial charge in [-0.1, -0.05) is 131 Å². The van der Waals surface area contributed by atoms with Crippen LogP contribution in [0.2, 0.25) is 0 Å². The van der Waals surface area contributed by atoms with Crippen molar-refractivity contribution in [1.82, 2.24) is 0 Å². The molecule has 0 heterocycles. The second-order valence-corrected chi connectivity index (χ2v) is 10.4. The van der Waals surface area contributed by atoms with Crippen molar-refractivity contribution in [3.8, 4) is 0 Å². The molecule has 0 aromatic rings. The van der Waals surface area contributed by atoms with E-state index in [4.69, 9.17) is 14.2 Å². The van der Waals surface area contributed by atoms with E-state index in [1.807, 2.05) is 0 Å². The van der Waals surface area contributed by atoms with Crippen molar-refractivity contribution in [2.45, 2.75) is 181 Å². The molecule has 0 aliphatic heterocycles. The first kappa shape index (κ1) is 33.9. The summed E-state index contributed by atoms with van der Waals surface area (Å²) < 4.78 is 20.2. The summed E-state index contributed by atoms with van der Waals surface area (Å²) in [7, 11) is 0. The van der Waals surface area contributed by atoms with Crippen molar-refractivity contribution in [2.24, 2.45) is 0 Å². The molecule has 0 amide bonds. The van der Waals surface area contributed by atoms with Crippen molar-refractivity contribution in [2.75, 3.05) is 19.8 Å². The van der Waals surface area contributed by atoms with Crippen LogP contribution in [0.25, 0.3) is 0 Å². The van der Waals surface area contributed by atoms with Gasteiger partial charge in [-0.25, -0.2) is 0 Å². The van der Waals surface area contributed by atoms with Crippen molar-refractivity contribution >= 4 is 0 Å². The van der Waals surface area contributed by atoms with Gasteiger partial charge in [0.05, 0.1) is 0 Å². The number of rotatable bonds is 27. The van der Waals surface area contributed by atoms with Crippen LogP contribution >= 0.6 is 0 Å². The van der Waals surface area contributed by atoms with Gasteiger partial charge in [-0.05, 0) is 32.1 Å². The zero-order valence-electron chi connectivity index (χ0n) is 24.5. The van der Waals surface area contributed by atoms with Gasteiger partial charge in [0.1, 0.15) is 5.60 Å². The number of hydrogen-bond acceptors (Lipinski definition) is 3. The summed E-state index contributed by atoms with van der Waals surface area (Å²) in [5.41, 5.74) is -0.341. The topological polar surface area (TPSA) is 27.7 Å². The molecular formula is C31H64O3. The summed E-state index contributed by atoms with van der Waals surface area (Å²) in [4.78, 5) is 0. The predicted molar refractivity (Wildman–Crippen MR) is 150 cm³/mol. The zero-order chi connectivity index (χ0) is 25.4. The third-order valence-corrected chi connectivity index (χ3v) is 7.20. The van der Waals surface area contributed by atoms with Crippen LogP contribution in [0.4, 0.5) is 0 Å². The predicted octanol–water partition coefficient (Wildman–Crippen LogP) is 10.4. The second kappa shape index (κ2) is 23.3. The molecule has 0 spiro atoms. The van der Waals surface area contributed by atoms with Crippen LogP contribution in [0, 0.1) is 0 Å². The van der Waals surface area contributed by atoms with Gasteiger partial charge in [0.2, 0.25) is 0 Å². The third kappa shape index (κ3) is 13.8. The fourth-order valence-corrected chi connectivity index (χ4v) is 5.22. The van der Waals surface area contributed by atoms with E-state index in [0.29, 0.717) is 0 Å². The normalized spacial score (nSPS) is 13.9. The second-order valence-electron chi connectivity index (χ2n) is 10.4. The van der Waals surface area contributed by atoms with Gasteiger partial charge in [-0.15, -0.1) is 0 Å². The highest BCUT2D eigenvalue weighted by Crippen LogP contribution is 2.43. The summed E-state index contributed by atoms with van der Waals surface area (Å²) >= 11 is 0. The standard InChI is InChI=1S/C31H64O3/c1-7-13-15-17-19-20-22-24-29-32-30(25-9-3,26-23-21-18-16-14-8-2)31(12-6,33-27-10-4)34-28-11-5/h7-29H2,1-6H3. The maximum Gasteiger partial charge on any atom is 0.197 e. The summed E-state index contributed by atoms with van der Waals surface area (Å²) in [5, 5.41) is 0. The average molecular weight is 485 g/mol. The smallest absolute Gasteiger partial charge is 0.197 e. The Bertz CT molecular complexity index is 403. The van der Waals surface area contributed by atoms with E-state index in [2.05, 4.69) is 41.5 Å². The Labute approximate surface area is 215 Å². The Hall–Kier alpha value is -0.120. The van der Waals surface area contributed by atoms with E-state index in [1.54, 1.807) is 0 Å². The molecule has 34 heavy (non-hydrogen) atoms. The van der Waals surface area contributed by atoms with Crippen LogP contribution < -0.4 is 0 Å². The highest BCUT2D eigenvalue weighted by Gasteiger charge is 2.52. The number of unbranched alkanes of at least 4 members (excludes halogenated alkanes) is 12. The first-order chi connectivity index (χ1) is 16.6. The molecule has 0 bridgehead atoms. The van der Waals surface area contributed by atoms with E-state index in [9.17, 15) is 0 Å². The summed E-state index contributed by atoms with van der Waals surface area (Å²) in [6.07, 6.45) is 24.5. The molecule has 0 aromatic heterocycles. The molecule has 0 rings (SSSR count). The molecule has 206 valence electrons. The van der Waals surface area contributed by atoms with Crippen LogP contribution in [0.3, 0.4) is 0 Å². The van der Waals surface area contributed by atoms with Crippen molar-refractivity contribution < 1.29 is 14.2 Å². The Kier molecular flexibility index (Phi) is 23.2. The van der Waals surface area contributed by atoms with Gasteiger partial charge < -0.3 is 14.2 Å². The van der Waals surface area contributed by atoms with E-state index >= 15 is 0 Å². The SMILES string of the molecule is CCCCCCCCCCOC(CCC)(CCCCCCCC)C(CC)(OCCC)OCCC. The highest BCUT2D eigenvalue weighted by molar-refractivity contribution is 4.96. The van der Waals surface area contributed by atoms with Gasteiger partial charge in [-0.2, -0.15) is 0 Å². The molecule has 0 saturated heterocycles. The summed E-state index contributed by atoms with van der Waals surface area (Å²) in [6.45, 7) is 15.8. The van der Waals surface area contributed by atoms with Gasteiger partial charge >= 0.3 is 0 Å². The van der Waals surface area contributed by atoms with Gasteiger partial charge in [0, 0.05) is 26.2 Å². The van der Waals surface area contributed by atoms with Crippen molar-refractivity contribution in [3.63, 3.8) is 0 Å². The maximum atomic E-state index is 6.94. The Balaban J connectivity index is 5.27. The first-order valence-corrected chi connectivity index (χ1v) is 15.5. The average Bonchev–Trinajstić information content (AvgIpc) is 2.85. The van der Waals surface area contributed by atoms with Crippen LogP contribution in [-0.4, -0.2) is 31.2 Å². The fraction of sp³-hybridized carbons (Fsp3) is 1.00. The number of ether oxygens (including phenoxy) is 3. The summed E-state index contributed by atoms with van der Waals surface area (Å²) in [5.74, 6) is -0.626. The first-order valence-electron chi connectivity index (χ1n) is 15.5. The molecule has 1 atom stereocenters. The molecule has 0 fully saturated rings. The Morgan fingerprint density at radius 1 is 0.382 bits per heavy atom. The van der Waals surface area contributed by atoms with Crippen LogP contribution in [0.1, 0.15) is 170 Å². The molecule has 0 N–H and O–H groups in total. The molecule has 3 heteroatoms. The van der Waals surface area contributed by atoms with Crippen LogP contribution in [-0.2, 0) is 14.2 Å². The molecule has 0 aromatic carbocycles. The molecule has 3 nitrogen and oxygen atoms in total. The largest absolute Gasteiger partial charge is 0.369 e. The zero-order valence-corrected chi connectivity index (χ0v) is 24.5. The Morgan fingerprint density at radius 3 is 1.29 bits per heavy atom. The Morgan fingerprint density at radius 2 is 0.853 bits per heavy atom. The summed E-state index contributed by atoms with van der Waals surface area (Å²) in [6, 6.07) is 0. The number of hydrogen-bond donors (Lipinski definition) is 0. The lowest BCUT2D eigenvalue weighted by Crippen LogP contribution is -2.59. The van der Waals surface area contributed by atoms with E-state index in [-0.39, 0.29) is 5.60 Å². The van der Waals surface area contributed by atoms with Gasteiger partial charge in [0.25, 0.3) is 0 Å². The third-order valence-electron chi connectivity index (χ3n) is 7.20. The molecule has 0 radical (unpaired) electrons. The fourth-order valence-electron chi connectivity index (χ4n) is 5.22. The van der Waals surface area contributed by atoms with E-state index in [0.717, 1.165) is 64.8 Å². The molecule has 0 aliphatic carbocycles. The quantitative estimate of drug-likeness (QED) is 0.0857. The van der Waals surface area contributed by atoms with Gasteiger partial charge in [-0.3, -0.25) is 0 Å². The lowest BCUT2D eigenvalue weighted by molar-refractivity contribution is -0.338. The van der Waals surface area contributed by atoms with Gasteiger partial charge in [0.15, 0.2) is 5.79 Å².